The number of aromatic amines is 1. The fourth-order valence-corrected chi connectivity index (χ4v) is 4.17. The van der Waals surface area contributed by atoms with Crippen LogP contribution in [0.3, 0.4) is 0 Å². The number of aromatic nitrogens is 3. The molecule has 1 aromatic heterocycles. The highest BCUT2D eigenvalue weighted by molar-refractivity contribution is 8.00. The third-order valence-corrected chi connectivity index (χ3v) is 5.67. The van der Waals surface area contributed by atoms with Gasteiger partial charge in [-0.2, -0.15) is 0 Å². The van der Waals surface area contributed by atoms with E-state index in [1.165, 1.54) is 11.8 Å². The van der Waals surface area contributed by atoms with Crippen molar-refractivity contribution < 1.29 is 9.53 Å². The van der Waals surface area contributed by atoms with Gasteiger partial charge in [0.15, 0.2) is 5.16 Å². The summed E-state index contributed by atoms with van der Waals surface area (Å²) in [6.07, 6.45) is 1.97. The first kappa shape index (κ1) is 16.4. The Bertz CT molecular complexity index is 794. The highest BCUT2D eigenvalue weighted by atomic mass is 32.2. The Morgan fingerprint density at radius 1 is 1.24 bits per heavy atom. The van der Waals surface area contributed by atoms with Gasteiger partial charge in [-0.3, -0.25) is 9.36 Å². The molecule has 132 valence electrons. The molecule has 25 heavy (non-hydrogen) atoms. The average Bonchev–Trinajstić information content (AvgIpc) is 3.43. The van der Waals surface area contributed by atoms with Crippen molar-refractivity contribution in [3.8, 4) is 0 Å². The van der Waals surface area contributed by atoms with Crippen LogP contribution >= 0.6 is 11.8 Å². The molecule has 4 rings (SSSR count). The van der Waals surface area contributed by atoms with Crippen LogP contribution in [-0.4, -0.2) is 51.9 Å². The molecule has 0 unspecified atom stereocenters. The SMILES string of the molecule is O=C([C@H](Sc1n[nH]c(=O)n1C1CC1)c1ccccc1)N1CCOCC1. The van der Waals surface area contributed by atoms with E-state index in [0.29, 0.717) is 31.5 Å². The molecule has 2 aliphatic rings. The average molecular weight is 360 g/mol. The minimum atomic E-state index is -0.424. The van der Waals surface area contributed by atoms with Gasteiger partial charge < -0.3 is 9.64 Å². The van der Waals surface area contributed by atoms with Gasteiger partial charge >= 0.3 is 5.69 Å². The highest BCUT2D eigenvalue weighted by Gasteiger charge is 2.33. The predicted molar refractivity (Wildman–Crippen MR) is 93.6 cm³/mol. The minimum Gasteiger partial charge on any atom is -0.378 e. The van der Waals surface area contributed by atoms with E-state index >= 15 is 0 Å². The zero-order valence-corrected chi connectivity index (χ0v) is 14.6. The van der Waals surface area contributed by atoms with Crippen molar-refractivity contribution in [2.75, 3.05) is 26.3 Å². The third-order valence-electron chi connectivity index (χ3n) is 4.46. The molecule has 0 bridgehead atoms. The number of carbonyl (C=O) groups excluding carboxylic acids is 1. The molecule has 1 aliphatic carbocycles. The maximum Gasteiger partial charge on any atom is 0.344 e. The van der Waals surface area contributed by atoms with E-state index in [9.17, 15) is 9.59 Å². The summed E-state index contributed by atoms with van der Waals surface area (Å²) in [5, 5.41) is 6.85. The Morgan fingerprint density at radius 3 is 2.64 bits per heavy atom. The molecule has 2 heterocycles. The summed E-state index contributed by atoms with van der Waals surface area (Å²) in [6, 6.07) is 9.88. The molecular weight excluding hydrogens is 340 g/mol. The van der Waals surface area contributed by atoms with Crippen LogP contribution in [0.15, 0.2) is 40.3 Å². The van der Waals surface area contributed by atoms with Crippen molar-refractivity contribution in [1.29, 1.82) is 0 Å². The van der Waals surface area contributed by atoms with E-state index in [-0.39, 0.29) is 17.6 Å². The number of nitrogens with one attached hydrogen (secondary N) is 1. The van der Waals surface area contributed by atoms with Crippen LogP contribution in [0, 0.1) is 0 Å². The van der Waals surface area contributed by atoms with E-state index in [2.05, 4.69) is 10.2 Å². The summed E-state index contributed by atoms with van der Waals surface area (Å²) in [6.45, 7) is 2.32. The van der Waals surface area contributed by atoms with Crippen LogP contribution in [0.2, 0.25) is 0 Å². The molecular formula is C17H20N4O3S. The van der Waals surface area contributed by atoms with E-state index in [4.69, 9.17) is 4.74 Å². The lowest BCUT2D eigenvalue weighted by Crippen LogP contribution is -2.42. The number of nitrogens with zero attached hydrogens (tertiary/aromatic N) is 3. The minimum absolute atomic E-state index is 0.0392. The second-order valence-corrected chi connectivity index (χ2v) is 7.33. The number of benzene rings is 1. The number of H-pyrrole nitrogens is 1. The van der Waals surface area contributed by atoms with Crippen molar-refractivity contribution in [2.45, 2.75) is 29.3 Å². The van der Waals surface area contributed by atoms with Gasteiger partial charge in [0.1, 0.15) is 5.25 Å². The molecule has 1 saturated carbocycles. The van der Waals surface area contributed by atoms with Gasteiger partial charge in [-0.1, -0.05) is 42.1 Å². The van der Waals surface area contributed by atoms with Crippen molar-refractivity contribution in [1.82, 2.24) is 19.7 Å². The highest BCUT2D eigenvalue weighted by Crippen LogP contribution is 2.40. The summed E-state index contributed by atoms with van der Waals surface area (Å²) < 4.78 is 7.04. The Hall–Kier alpha value is -2.06. The summed E-state index contributed by atoms with van der Waals surface area (Å²) in [5.41, 5.74) is 0.720. The first-order valence-corrected chi connectivity index (χ1v) is 9.37. The van der Waals surface area contributed by atoms with Crippen LogP contribution in [0.1, 0.15) is 29.7 Å². The van der Waals surface area contributed by atoms with Gasteiger partial charge in [0.2, 0.25) is 5.91 Å². The Kier molecular flexibility index (Phi) is 4.63. The zero-order valence-electron chi connectivity index (χ0n) is 13.8. The van der Waals surface area contributed by atoms with Crippen molar-refractivity contribution in [3.05, 3.63) is 46.4 Å². The monoisotopic (exact) mass is 360 g/mol. The molecule has 0 radical (unpaired) electrons. The van der Waals surface area contributed by atoms with E-state index in [1.54, 1.807) is 4.57 Å². The molecule has 0 spiro atoms. The Labute approximate surface area is 149 Å². The van der Waals surface area contributed by atoms with Gasteiger partial charge in [-0.15, -0.1) is 5.10 Å². The van der Waals surface area contributed by atoms with Gasteiger partial charge in [-0.25, -0.2) is 9.89 Å². The summed E-state index contributed by atoms with van der Waals surface area (Å²) in [4.78, 5) is 27.0. The second-order valence-electron chi connectivity index (χ2n) is 6.26. The van der Waals surface area contributed by atoms with E-state index in [0.717, 1.165) is 18.4 Å². The first-order chi connectivity index (χ1) is 12.2. The zero-order chi connectivity index (χ0) is 17.2. The van der Waals surface area contributed by atoms with Gasteiger partial charge in [0, 0.05) is 19.1 Å². The normalized spacial score (nSPS) is 19.0. The van der Waals surface area contributed by atoms with Crippen LogP contribution in [0.25, 0.3) is 0 Å². The molecule has 7 nitrogen and oxygen atoms in total. The van der Waals surface area contributed by atoms with Crippen LogP contribution in [0.4, 0.5) is 0 Å². The predicted octanol–water partition coefficient (Wildman–Crippen LogP) is 1.60. The maximum atomic E-state index is 13.1. The molecule has 8 heteroatoms. The Morgan fingerprint density at radius 2 is 1.96 bits per heavy atom. The topological polar surface area (TPSA) is 80.2 Å². The van der Waals surface area contributed by atoms with Gasteiger partial charge in [0.25, 0.3) is 0 Å². The fourth-order valence-electron chi connectivity index (χ4n) is 2.97. The molecule has 1 aliphatic heterocycles. The maximum absolute atomic E-state index is 13.1. The number of hydrogen-bond acceptors (Lipinski definition) is 5. The standard InChI is InChI=1S/C17H20N4O3S/c22-15(20-8-10-24-11-9-20)14(12-4-2-1-3-5-12)25-17-19-18-16(23)21(17)13-6-7-13/h1-5,13-14H,6-11H2,(H,18,23)/t14-/m1/s1. The van der Waals surface area contributed by atoms with Crippen molar-refractivity contribution in [2.24, 2.45) is 0 Å². The lowest BCUT2D eigenvalue weighted by atomic mass is 10.1. The van der Waals surface area contributed by atoms with Gasteiger partial charge in [-0.05, 0) is 18.4 Å². The number of carbonyl (C=O) groups is 1. The number of rotatable bonds is 5. The lowest BCUT2D eigenvalue weighted by Gasteiger charge is -2.30. The quantitative estimate of drug-likeness (QED) is 0.819. The smallest absolute Gasteiger partial charge is 0.344 e. The molecule has 1 N–H and O–H groups in total. The largest absolute Gasteiger partial charge is 0.378 e. The fraction of sp³-hybridized carbons (Fsp3) is 0.471. The van der Waals surface area contributed by atoms with Crippen LogP contribution in [-0.2, 0) is 9.53 Å². The Balaban J connectivity index is 1.64. The van der Waals surface area contributed by atoms with Gasteiger partial charge in [0.05, 0.1) is 13.2 Å². The number of morpholine rings is 1. The van der Waals surface area contributed by atoms with Crippen molar-refractivity contribution in [3.63, 3.8) is 0 Å². The van der Waals surface area contributed by atoms with Crippen LogP contribution in [0.5, 0.6) is 0 Å². The number of ether oxygens (including phenoxy) is 1. The number of amides is 1. The second kappa shape index (κ2) is 7.05. The van der Waals surface area contributed by atoms with Crippen molar-refractivity contribution >= 4 is 17.7 Å². The summed E-state index contributed by atoms with van der Waals surface area (Å²) >= 11 is 1.35. The number of thioether (sulfide) groups is 1. The lowest BCUT2D eigenvalue weighted by molar-refractivity contribution is -0.134. The first-order valence-electron chi connectivity index (χ1n) is 8.49. The molecule has 1 aromatic carbocycles. The van der Waals surface area contributed by atoms with Crippen LogP contribution < -0.4 is 5.69 Å². The number of hydrogen-bond donors (Lipinski definition) is 1. The molecule has 2 fully saturated rings. The third kappa shape index (κ3) is 3.50. The summed E-state index contributed by atoms with van der Waals surface area (Å²) in [7, 11) is 0. The summed E-state index contributed by atoms with van der Waals surface area (Å²) in [5.74, 6) is 0.0392. The molecule has 1 atom stereocenters. The molecule has 1 saturated heterocycles. The van der Waals surface area contributed by atoms with E-state index < -0.39 is 5.25 Å². The van der Waals surface area contributed by atoms with E-state index in [1.807, 2.05) is 35.2 Å². The molecule has 2 aromatic rings. The molecule has 1 amide bonds.